The number of phosphoric ester groups is 1. The van der Waals surface area contributed by atoms with Crippen molar-refractivity contribution in [2.75, 3.05) is 47.5 Å². The predicted octanol–water partition coefficient (Wildman–Crippen LogP) is 13.1. The van der Waals surface area contributed by atoms with Crippen molar-refractivity contribution in [3.63, 3.8) is 0 Å². The van der Waals surface area contributed by atoms with Crippen LogP contribution in [0.2, 0.25) is 0 Å². The van der Waals surface area contributed by atoms with Gasteiger partial charge in [-0.2, -0.15) is 0 Å². The molecule has 0 aromatic carbocycles. The molecular weight excluding hydrogens is 798 g/mol. The molecule has 0 spiro atoms. The summed E-state index contributed by atoms with van der Waals surface area (Å²) in [6, 6.07) is 0. The van der Waals surface area contributed by atoms with E-state index in [9.17, 15) is 19.0 Å². The molecule has 0 aromatic heterocycles. The van der Waals surface area contributed by atoms with E-state index in [1.807, 2.05) is 27.2 Å². The molecule has 0 fully saturated rings. The van der Waals surface area contributed by atoms with Crippen LogP contribution >= 0.6 is 7.82 Å². The Bertz CT molecular complexity index is 1460. The summed E-state index contributed by atoms with van der Waals surface area (Å²) in [7, 11) is 1.09. The van der Waals surface area contributed by atoms with Crippen LogP contribution in [0.15, 0.2) is 122 Å². The smallest absolute Gasteiger partial charge is 0.306 e. The van der Waals surface area contributed by atoms with Crippen LogP contribution in [0, 0.1) is 0 Å². The van der Waals surface area contributed by atoms with Crippen molar-refractivity contribution in [1.82, 2.24) is 0 Å². The van der Waals surface area contributed by atoms with Gasteiger partial charge in [0.2, 0.25) is 0 Å². The number of quaternary nitrogens is 1. The van der Waals surface area contributed by atoms with Gasteiger partial charge >= 0.3 is 11.9 Å². The quantitative estimate of drug-likeness (QED) is 0.0197. The summed E-state index contributed by atoms with van der Waals surface area (Å²) in [4.78, 5) is 37.6. The van der Waals surface area contributed by atoms with Crippen molar-refractivity contribution < 1.29 is 42.1 Å². The van der Waals surface area contributed by atoms with E-state index < -0.39 is 32.5 Å². The molecule has 0 saturated heterocycles. The van der Waals surface area contributed by atoms with E-state index in [4.69, 9.17) is 18.5 Å². The summed E-state index contributed by atoms with van der Waals surface area (Å²) < 4.78 is 33.8. The van der Waals surface area contributed by atoms with Crippen molar-refractivity contribution in [1.29, 1.82) is 0 Å². The first-order chi connectivity index (χ1) is 30.0. The van der Waals surface area contributed by atoms with Gasteiger partial charge in [0.25, 0.3) is 7.82 Å². The predicted molar refractivity (Wildman–Crippen MR) is 258 cm³/mol. The van der Waals surface area contributed by atoms with Crippen molar-refractivity contribution in [2.24, 2.45) is 0 Å². The van der Waals surface area contributed by atoms with Crippen LogP contribution in [0.3, 0.4) is 0 Å². The van der Waals surface area contributed by atoms with Crippen LogP contribution < -0.4 is 4.89 Å². The lowest BCUT2D eigenvalue weighted by Crippen LogP contribution is -2.37. The van der Waals surface area contributed by atoms with E-state index in [1.165, 1.54) is 0 Å². The number of likely N-dealkylation sites (N-methyl/N-ethyl adjacent to an activating group) is 1. The Hall–Kier alpha value is -3.59. The number of nitrogens with zero attached hydrogens (tertiary/aromatic N) is 1. The molecule has 0 aliphatic carbocycles. The van der Waals surface area contributed by atoms with E-state index in [1.54, 1.807) is 0 Å². The summed E-state index contributed by atoms with van der Waals surface area (Å²) in [5.74, 6) is -0.938. The summed E-state index contributed by atoms with van der Waals surface area (Å²) in [5.41, 5.74) is 0. The normalized spacial score (nSPS) is 14.6. The fourth-order valence-corrected chi connectivity index (χ4v) is 6.15. The van der Waals surface area contributed by atoms with Crippen LogP contribution in [0.1, 0.15) is 142 Å². The zero-order valence-corrected chi connectivity index (χ0v) is 40.1. The average Bonchev–Trinajstić information content (AvgIpc) is 3.23. The fourth-order valence-electron chi connectivity index (χ4n) is 5.42. The second-order valence-corrected chi connectivity index (χ2v) is 17.4. The molecule has 2 unspecified atom stereocenters. The van der Waals surface area contributed by atoms with Gasteiger partial charge in [-0.15, -0.1) is 0 Å². The Morgan fingerprint density at radius 1 is 0.500 bits per heavy atom. The van der Waals surface area contributed by atoms with Crippen molar-refractivity contribution in [2.45, 2.75) is 148 Å². The Morgan fingerprint density at radius 3 is 1.34 bits per heavy atom. The van der Waals surface area contributed by atoms with Gasteiger partial charge in [0.05, 0.1) is 27.7 Å². The Kier molecular flexibility index (Phi) is 40.2. The zero-order chi connectivity index (χ0) is 45.7. The second kappa shape index (κ2) is 42.7. The van der Waals surface area contributed by atoms with E-state index in [0.29, 0.717) is 30.3 Å². The third-order valence-electron chi connectivity index (χ3n) is 8.98. The number of phosphoric acid groups is 1. The minimum absolute atomic E-state index is 0.0525. The third kappa shape index (κ3) is 45.9. The summed E-state index contributed by atoms with van der Waals surface area (Å²) in [6.45, 7) is 3.88. The second-order valence-electron chi connectivity index (χ2n) is 16.0. The number of hydrogen-bond acceptors (Lipinski definition) is 8. The average molecular weight is 882 g/mol. The lowest BCUT2D eigenvalue weighted by atomic mass is 10.1. The highest BCUT2D eigenvalue weighted by atomic mass is 31.2. The zero-order valence-electron chi connectivity index (χ0n) is 39.3. The molecule has 0 radical (unpaired) electrons. The number of esters is 2. The molecule has 62 heavy (non-hydrogen) atoms. The Labute approximate surface area is 378 Å². The molecule has 350 valence electrons. The molecule has 0 amide bonds. The molecule has 0 heterocycles. The molecule has 0 rings (SSSR count). The van der Waals surface area contributed by atoms with Crippen LogP contribution in [0.25, 0.3) is 0 Å². The first-order valence-corrected chi connectivity index (χ1v) is 24.7. The number of carbonyl (C=O) groups is 2. The van der Waals surface area contributed by atoms with Crippen LogP contribution in [-0.4, -0.2) is 70.0 Å². The lowest BCUT2D eigenvalue weighted by molar-refractivity contribution is -0.870. The van der Waals surface area contributed by atoms with E-state index in [0.717, 1.165) is 96.3 Å². The van der Waals surface area contributed by atoms with Gasteiger partial charge in [0, 0.05) is 12.8 Å². The third-order valence-corrected chi connectivity index (χ3v) is 9.94. The highest BCUT2D eigenvalue weighted by Crippen LogP contribution is 2.38. The minimum atomic E-state index is -4.66. The standard InChI is InChI=1S/C52H84NO8P/c1-6-8-10-12-14-16-18-20-22-23-24-25-26-27-28-29-31-33-35-37-39-41-43-45-52(55)61-50(49-60-62(56,57)59-47-46-53(3,4)5)48-58-51(54)44-42-40-38-36-34-32-30-21-19-17-15-13-11-9-7-2/h8-11,14-17,20-22,24-25,27-28,30-31,33,37,39,50H,6-7,12-13,18-19,23,26,29,32,34-36,38,40-49H2,1-5H3/b10-8-,11-9-,16-14-,17-15-,22-20-,25-24-,28-27-,30-21-,33-31-,39-37-. The van der Waals surface area contributed by atoms with Crippen LogP contribution in [0.5, 0.6) is 0 Å². The summed E-state index contributed by atoms with van der Waals surface area (Å²) in [5, 5.41) is 0. The largest absolute Gasteiger partial charge is 0.756 e. The SMILES string of the molecule is CC/C=C\C/C=C\C/C=C\C/C=C\C/C=C\C/C=C\C/C=C\CCCC(=O)OC(COC(=O)CCCCCCC/C=C\C/C=C\C/C=C\CC)COP(=O)([O-])OCC[N+](C)(C)C. The van der Waals surface area contributed by atoms with E-state index in [-0.39, 0.29) is 26.1 Å². The van der Waals surface area contributed by atoms with Crippen molar-refractivity contribution in [3.8, 4) is 0 Å². The van der Waals surface area contributed by atoms with Gasteiger partial charge in [0.1, 0.15) is 19.8 Å². The molecule has 10 heteroatoms. The highest BCUT2D eigenvalue weighted by molar-refractivity contribution is 7.45. The highest BCUT2D eigenvalue weighted by Gasteiger charge is 2.21. The van der Waals surface area contributed by atoms with Gasteiger partial charge in [-0.25, -0.2) is 0 Å². The maximum atomic E-state index is 12.7. The van der Waals surface area contributed by atoms with Gasteiger partial charge in [0.15, 0.2) is 6.10 Å². The molecule has 0 aliphatic rings. The number of rotatable bonds is 40. The molecule has 0 aromatic rings. The van der Waals surface area contributed by atoms with Crippen molar-refractivity contribution in [3.05, 3.63) is 122 Å². The summed E-state index contributed by atoms with van der Waals surface area (Å²) >= 11 is 0. The van der Waals surface area contributed by atoms with Gasteiger partial charge in [-0.05, 0) is 96.3 Å². The van der Waals surface area contributed by atoms with Crippen molar-refractivity contribution >= 4 is 19.8 Å². The summed E-state index contributed by atoms with van der Waals surface area (Å²) in [6.07, 6.45) is 59.5. The molecular formula is C52H84NO8P. The number of hydrogen-bond donors (Lipinski definition) is 0. The molecule has 0 saturated carbocycles. The number of allylic oxidation sites excluding steroid dienone is 20. The van der Waals surface area contributed by atoms with Crippen LogP contribution in [-0.2, 0) is 32.7 Å². The van der Waals surface area contributed by atoms with E-state index >= 15 is 0 Å². The van der Waals surface area contributed by atoms with Gasteiger partial charge in [-0.3, -0.25) is 14.2 Å². The van der Waals surface area contributed by atoms with Gasteiger partial charge in [-0.1, -0.05) is 155 Å². The number of carbonyl (C=O) groups excluding carboxylic acids is 2. The molecule has 9 nitrogen and oxygen atoms in total. The maximum absolute atomic E-state index is 12.7. The van der Waals surface area contributed by atoms with E-state index in [2.05, 4.69) is 129 Å². The first-order valence-electron chi connectivity index (χ1n) is 23.2. The first kappa shape index (κ1) is 58.4. The lowest BCUT2D eigenvalue weighted by Gasteiger charge is -2.28. The Balaban J connectivity index is 4.49. The minimum Gasteiger partial charge on any atom is -0.756 e. The Morgan fingerprint density at radius 2 is 0.887 bits per heavy atom. The number of unbranched alkanes of at least 4 members (excludes halogenated alkanes) is 6. The molecule has 0 aliphatic heterocycles. The molecule has 2 atom stereocenters. The maximum Gasteiger partial charge on any atom is 0.306 e. The monoisotopic (exact) mass is 882 g/mol. The van der Waals surface area contributed by atoms with Crippen LogP contribution in [0.4, 0.5) is 0 Å². The molecule has 0 N–H and O–H groups in total. The molecule has 0 bridgehead atoms. The van der Waals surface area contributed by atoms with Gasteiger partial charge < -0.3 is 27.9 Å². The fraction of sp³-hybridized carbons (Fsp3) is 0.577. The topological polar surface area (TPSA) is 111 Å². The number of ether oxygens (including phenoxy) is 2.